The SMILES string of the molecule is CCn1cc(S(=O)(=O)N2C[C@H](C)Oc3ccc(C)cc32)cn1. The van der Waals surface area contributed by atoms with Crippen LogP contribution in [-0.4, -0.2) is 30.8 Å². The monoisotopic (exact) mass is 321 g/mol. The van der Waals surface area contributed by atoms with Gasteiger partial charge < -0.3 is 4.74 Å². The Hall–Kier alpha value is -2.02. The number of anilines is 1. The number of aromatic nitrogens is 2. The van der Waals surface area contributed by atoms with E-state index < -0.39 is 10.0 Å². The molecule has 1 aliphatic rings. The van der Waals surface area contributed by atoms with E-state index in [4.69, 9.17) is 4.74 Å². The Bertz CT molecular complexity index is 798. The Balaban J connectivity index is 2.09. The molecule has 7 heteroatoms. The van der Waals surface area contributed by atoms with Gasteiger partial charge in [0.1, 0.15) is 16.7 Å². The highest BCUT2D eigenvalue weighted by molar-refractivity contribution is 7.92. The van der Waals surface area contributed by atoms with E-state index in [0.29, 0.717) is 18.0 Å². The third-order valence-corrected chi connectivity index (χ3v) is 5.39. The van der Waals surface area contributed by atoms with E-state index in [0.717, 1.165) is 5.56 Å². The van der Waals surface area contributed by atoms with Crippen LogP contribution in [0.4, 0.5) is 5.69 Å². The molecule has 2 heterocycles. The number of nitrogens with zero attached hydrogens (tertiary/aromatic N) is 3. The van der Waals surface area contributed by atoms with Crippen LogP contribution in [0.3, 0.4) is 0 Å². The lowest BCUT2D eigenvalue weighted by Gasteiger charge is -2.34. The Labute approximate surface area is 130 Å². The van der Waals surface area contributed by atoms with Crippen LogP contribution in [0.15, 0.2) is 35.5 Å². The molecule has 1 aromatic carbocycles. The maximum Gasteiger partial charge on any atom is 0.267 e. The van der Waals surface area contributed by atoms with Crippen molar-refractivity contribution < 1.29 is 13.2 Å². The van der Waals surface area contributed by atoms with Crippen molar-refractivity contribution in [2.45, 2.75) is 38.3 Å². The molecule has 1 aromatic heterocycles. The number of ether oxygens (including phenoxy) is 1. The van der Waals surface area contributed by atoms with E-state index in [9.17, 15) is 8.42 Å². The second-order valence-corrected chi connectivity index (χ2v) is 7.33. The zero-order valence-electron chi connectivity index (χ0n) is 12.9. The molecule has 0 fully saturated rings. The summed E-state index contributed by atoms with van der Waals surface area (Å²) in [5.74, 6) is 0.593. The van der Waals surface area contributed by atoms with Gasteiger partial charge in [-0.05, 0) is 38.5 Å². The molecule has 1 atom stereocenters. The molecule has 0 amide bonds. The van der Waals surface area contributed by atoms with Crippen molar-refractivity contribution in [2.24, 2.45) is 0 Å². The van der Waals surface area contributed by atoms with E-state index >= 15 is 0 Å². The van der Waals surface area contributed by atoms with Crippen LogP contribution in [-0.2, 0) is 16.6 Å². The summed E-state index contributed by atoms with van der Waals surface area (Å²) in [6.07, 6.45) is 2.76. The van der Waals surface area contributed by atoms with Crippen molar-refractivity contribution in [3.63, 3.8) is 0 Å². The average Bonchev–Trinajstić information content (AvgIpc) is 2.96. The third-order valence-electron chi connectivity index (χ3n) is 3.66. The molecular formula is C15H19N3O3S. The maximum atomic E-state index is 13.0. The fourth-order valence-corrected chi connectivity index (χ4v) is 4.01. The van der Waals surface area contributed by atoms with Crippen LogP contribution in [0.25, 0.3) is 0 Å². The lowest BCUT2D eigenvalue weighted by atomic mass is 10.2. The maximum absolute atomic E-state index is 13.0. The molecule has 1 aliphatic heterocycles. The van der Waals surface area contributed by atoms with Gasteiger partial charge in [0.25, 0.3) is 10.0 Å². The van der Waals surface area contributed by atoms with Gasteiger partial charge in [0.2, 0.25) is 0 Å². The minimum atomic E-state index is -3.64. The van der Waals surface area contributed by atoms with Gasteiger partial charge in [-0.25, -0.2) is 8.42 Å². The molecule has 0 saturated carbocycles. The van der Waals surface area contributed by atoms with E-state index in [-0.39, 0.29) is 17.5 Å². The fourth-order valence-electron chi connectivity index (χ4n) is 2.51. The Morgan fingerprint density at radius 2 is 2.18 bits per heavy atom. The van der Waals surface area contributed by atoms with Gasteiger partial charge in [-0.3, -0.25) is 8.99 Å². The molecule has 3 rings (SSSR count). The predicted molar refractivity (Wildman–Crippen MR) is 83.7 cm³/mol. The molecule has 0 unspecified atom stereocenters. The van der Waals surface area contributed by atoms with Crippen molar-refractivity contribution in [1.29, 1.82) is 0 Å². The molecule has 6 nitrogen and oxygen atoms in total. The van der Waals surface area contributed by atoms with E-state index in [1.54, 1.807) is 10.9 Å². The summed E-state index contributed by atoms with van der Waals surface area (Å²) in [6.45, 7) is 6.62. The summed E-state index contributed by atoms with van der Waals surface area (Å²) in [4.78, 5) is 0.205. The number of hydrogen-bond donors (Lipinski definition) is 0. The van der Waals surface area contributed by atoms with E-state index in [1.165, 1.54) is 10.5 Å². The molecule has 0 radical (unpaired) electrons. The van der Waals surface area contributed by atoms with Crippen LogP contribution in [0.5, 0.6) is 5.75 Å². The van der Waals surface area contributed by atoms with Gasteiger partial charge >= 0.3 is 0 Å². The van der Waals surface area contributed by atoms with Gasteiger partial charge in [-0.15, -0.1) is 0 Å². The second-order valence-electron chi connectivity index (χ2n) is 5.47. The summed E-state index contributed by atoms with van der Waals surface area (Å²) < 4.78 is 34.7. The van der Waals surface area contributed by atoms with Crippen molar-refractivity contribution in [3.8, 4) is 5.75 Å². The smallest absolute Gasteiger partial charge is 0.267 e. The standard InChI is InChI=1S/C15H19N3O3S/c1-4-17-10-13(8-16-17)22(19,20)18-9-12(3)21-15-6-5-11(2)7-14(15)18/h5-8,10,12H,4,9H2,1-3H3/t12-/m0/s1. The number of sulfonamides is 1. The third kappa shape index (κ3) is 2.45. The molecule has 0 spiro atoms. The molecule has 0 bridgehead atoms. The lowest BCUT2D eigenvalue weighted by Crippen LogP contribution is -2.42. The quantitative estimate of drug-likeness (QED) is 0.869. The molecule has 0 aliphatic carbocycles. The highest BCUT2D eigenvalue weighted by atomic mass is 32.2. The second kappa shape index (κ2) is 5.31. The van der Waals surface area contributed by atoms with Crippen LogP contribution >= 0.6 is 0 Å². The Kier molecular flexibility index (Phi) is 3.60. The normalized spacial score (nSPS) is 18.0. The number of hydrogen-bond acceptors (Lipinski definition) is 4. The van der Waals surface area contributed by atoms with E-state index in [1.807, 2.05) is 39.0 Å². The van der Waals surface area contributed by atoms with Crippen LogP contribution in [0.2, 0.25) is 0 Å². The number of benzene rings is 1. The average molecular weight is 321 g/mol. The summed E-state index contributed by atoms with van der Waals surface area (Å²) in [7, 11) is -3.64. The van der Waals surface area contributed by atoms with Gasteiger partial charge in [0, 0.05) is 12.7 Å². The predicted octanol–water partition coefficient (Wildman–Crippen LogP) is 2.19. The first-order valence-corrected chi connectivity index (χ1v) is 8.68. The molecule has 0 N–H and O–H groups in total. The molecule has 2 aromatic rings. The van der Waals surface area contributed by atoms with Gasteiger partial charge in [-0.2, -0.15) is 5.10 Å². The number of rotatable bonds is 3. The van der Waals surface area contributed by atoms with Gasteiger partial charge in [0.15, 0.2) is 0 Å². The molecule has 22 heavy (non-hydrogen) atoms. The zero-order valence-corrected chi connectivity index (χ0v) is 13.7. The highest BCUT2D eigenvalue weighted by Crippen LogP contribution is 2.37. The number of fused-ring (bicyclic) bond motifs is 1. The summed E-state index contributed by atoms with van der Waals surface area (Å²) in [5, 5.41) is 4.07. The first kappa shape index (κ1) is 14.9. The largest absolute Gasteiger partial charge is 0.487 e. The summed E-state index contributed by atoms with van der Waals surface area (Å²) >= 11 is 0. The van der Waals surface area contributed by atoms with Gasteiger partial charge in [0.05, 0.1) is 18.4 Å². The topological polar surface area (TPSA) is 64.4 Å². The molecule has 118 valence electrons. The van der Waals surface area contributed by atoms with Crippen molar-refractivity contribution in [2.75, 3.05) is 10.8 Å². The summed E-state index contributed by atoms with van der Waals surface area (Å²) in [5.41, 5.74) is 1.57. The minimum Gasteiger partial charge on any atom is -0.487 e. The van der Waals surface area contributed by atoms with E-state index in [2.05, 4.69) is 5.10 Å². The zero-order chi connectivity index (χ0) is 15.9. The highest BCUT2D eigenvalue weighted by Gasteiger charge is 2.33. The fraction of sp³-hybridized carbons (Fsp3) is 0.400. The van der Waals surface area contributed by atoms with Crippen LogP contribution in [0.1, 0.15) is 19.4 Å². The van der Waals surface area contributed by atoms with Crippen molar-refractivity contribution in [3.05, 3.63) is 36.2 Å². The van der Waals surface area contributed by atoms with Crippen molar-refractivity contribution in [1.82, 2.24) is 9.78 Å². The lowest BCUT2D eigenvalue weighted by molar-refractivity contribution is 0.219. The summed E-state index contributed by atoms with van der Waals surface area (Å²) in [6, 6.07) is 5.57. The number of aryl methyl sites for hydroxylation is 2. The van der Waals surface area contributed by atoms with Crippen molar-refractivity contribution >= 4 is 15.7 Å². The molecular weight excluding hydrogens is 302 g/mol. The Morgan fingerprint density at radius 1 is 1.41 bits per heavy atom. The van der Waals surface area contributed by atoms with Crippen LogP contribution in [0, 0.1) is 6.92 Å². The van der Waals surface area contributed by atoms with Gasteiger partial charge in [-0.1, -0.05) is 6.07 Å². The first-order valence-electron chi connectivity index (χ1n) is 7.24. The molecule has 0 saturated heterocycles. The first-order chi connectivity index (χ1) is 10.4. The minimum absolute atomic E-state index is 0.203. The Morgan fingerprint density at radius 3 is 2.86 bits per heavy atom. The van der Waals surface area contributed by atoms with Crippen LogP contribution < -0.4 is 9.04 Å².